The van der Waals surface area contributed by atoms with Gasteiger partial charge in [-0.15, -0.1) is 0 Å². The summed E-state index contributed by atoms with van der Waals surface area (Å²) >= 11 is 6.21. The van der Waals surface area contributed by atoms with Crippen molar-refractivity contribution in [2.24, 2.45) is 0 Å². The molecule has 0 N–H and O–H groups in total. The van der Waals surface area contributed by atoms with Crippen LogP contribution >= 0.6 is 11.6 Å². The third-order valence-corrected chi connectivity index (χ3v) is 5.69. The summed E-state index contributed by atoms with van der Waals surface area (Å²) in [5, 5.41) is 0.761. The Hall–Kier alpha value is -2.83. The molecule has 26 heavy (non-hydrogen) atoms. The second-order valence-electron chi connectivity index (χ2n) is 6.71. The summed E-state index contributed by atoms with van der Waals surface area (Å²) in [6.45, 7) is 0. The standard InChI is InChI=1S/C25H17Cl/c26-20-16-14-19(15-17-20)25(18-8-2-1-3-9-18)23-12-6-4-10-21(23)22-11-5-7-13-24(22)25/h1-17H. The normalized spacial score (nSPS) is 13.9. The summed E-state index contributed by atoms with van der Waals surface area (Å²) in [4.78, 5) is 0. The second kappa shape index (κ2) is 5.86. The SMILES string of the molecule is Clc1ccc(C2(c3ccccc3)c3ccccc3-c3ccccc32)cc1. The highest BCUT2D eigenvalue weighted by molar-refractivity contribution is 6.30. The van der Waals surface area contributed by atoms with Gasteiger partial charge in [-0.2, -0.15) is 0 Å². The Bertz CT molecular complexity index is 1030. The molecule has 0 spiro atoms. The van der Waals surface area contributed by atoms with Crippen LogP contribution in [0.2, 0.25) is 5.02 Å². The maximum atomic E-state index is 6.21. The Kier molecular flexibility index (Phi) is 3.48. The van der Waals surface area contributed by atoms with E-state index in [0.717, 1.165) is 5.02 Å². The van der Waals surface area contributed by atoms with E-state index in [1.165, 1.54) is 33.4 Å². The minimum Gasteiger partial charge on any atom is -0.0843 e. The molecule has 1 aliphatic rings. The van der Waals surface area contributed by atoms with Gasteiger partial charge in [0.1, 0.15) is 0 Å². The van der Waals surface area contributed by atoms with Gasteiger partial charge in [-0.3, -0.25) is 0 Å². The molecule has 0 aromatic heterocycles. The average molecular weight is 353 g/mol. The Labute approximate surface area is 158 Å². The van der Waals surface area contributed by atoms with Crippen LogP contribution in [-0.4, -0.2) is 0 Å². The fraction of sp³-hybridized carbons (Fsp3) is 0.0400. The number of fused-ring (bicyclic) bond motifs is 3. The monoisotopic (exact) mass is 352 g/mol. The van der Waals surface area contributed by atoms with Crippen molar-refractivity contribution in [1.29, 1.82) is 0 Å². The molecule has 0 heterocycles. The van der Waals surface area contributed by atoms with Gasteiger partial charge in [0.15, 0.2) is 0 Å². The number of halogens is 1. The van der Waals surface area contributed by atoms with Crippen molar-refractivity contribution in [3.8, 4) is 11.1 Å². The van der Waals surface area contributed by atoms with Crippen LogP contribution in [0.25, 0.3) is 11.1 Å². The highest BCUT2D eigenvalue weighted by Gasteiger charge is 2.45. The quantitative estimate of drug-likeness (QED) is 0.331. The molecule has 4 aromatic rings. The van der Waals surface area contributed by atoms with Gasteiger partial charge in [-0.1, -0.05) is 103 Å². The summed E-state index contributed by atoms with van der Waals surface area (Å²) in [5.74, 6) is 0. The van der Waals surface area contributed by atoms with E-state index in [0.29, 0.717) is 0 Å². The van der Waals surface area contributed by atoms with E-state index in [2.05, 4.69) is 91.0 Å². The molecule has 0 radical (unpaired) electrons. The van der Waals surface area contributed by atoms with Crippen molar-refractivity contribution in [3.63, 3.8) is 0 Å². The zero-order chi connectivity index (χ0) is 17.6. The average Bonchev–Trinajstić information content (AvgIpc) is 3.01. The molecule has 0 saturated heterocycles. The Morgan fingerprint density at radius 3 is 1.50 bits per heavy atom. The van der Waals surface area contributed by atoms with Crippen LogP contribution in [0.1, 0.15) is 22.3 Å². The molecule has 1 heteroatoms. The molecular weight excluding hydrogens is 336 g/mol. The van der Waals surface area contributed by atoms with Crippen LogP contribution in [0.4, 0.5) is 0 Å². The predicted molar refractivity (Wildman–Crippen MR) is 109 cm³/mol. The van der Waals surface area contributed by atoms with Gasteiger partial charge >= 0.3 is 0 Å². The topological polar surface area (TPSA) is 0 Å². The molecule has 0 atom stereocenters. The molecule has 4 aromatic carbocycles. The van der Waals surface area contributed by atoms with E-state index in [4.69, 9.17) is 11.6 Å². The first-order chi connectivity index (χ1) is 12.8. The first kappa shape index (κ1) is 15.4. The lowest BCUT2D eigenvalue weighted by Gasteiger charge is -2.33. The minimum absolute atomic E-state index is 0.320. The fourth-order valence-corrected chi connectivity index (χ4v) is 4.54. The number of rotatable bonds is 2. The summed E-state index contributed by atoms with van der Waals surface area (Å²) in [7, 11) is 0. The first-order valence-corrected chi connectivity index (χ1v) is 9.20. The van der Waals surface area contributed by atoms with Crippen molar-refractivity contribution in [1.82, 2.24) is 0 Å². The number of benzene rings is 4. The van der Waals surface area contributed by atoms with Gasteiger partial charge in [0.05, 0.1) is 5.41 Å². The summed E-state index contributed by atoms with van der Waals surface area (Å²) < 4.78 is 0. The van der Waals surface area contributed by atoms with Crippen molar-refractivity contribution >= 4 is 11.6 Å². The van der Waals surface area contributed by atoms with E-state index in [-0.39, 0.29) is 5.41 Å². The maximum Gasteiger partial charge on any atom is 0.0713 e. The van der Waals surface area contributed by atoms with E-state index in [1.807, 2.05) is 12.1 Å². The van der Waals surface area contributed by atoms with Crippen LogP contribution < -0.4 is 0 Å². The molecule has 0 bridgehead atoms. The summed E-state index contributed by atoms with van der Waals surface area (Å²) in [6.07, 6.45) is 0. The van der Waals surface area contributed by atoms with Crippen LogP contribution in [0, 0.1) is 0 Å². The molecule has 0 aliphatic heterocycles. The largest absolute Gasteiger partial charge is 0.0843 e. The summed E-state index contributed by atoms with van der Waals surface area (Å²) in [6, 6.07) is 36.6. The number of hydrogen-bond donors (Lipinski definition) is 0. The van der Waals surface area contributed by atoms with Crippen LogP contribution in [0.3, 0.4) is 0 Å². The zero-order valence-corrected chi connectivity index (χ0v) is 14.9. The maximum absolute atomic E-state index is 6.21. The van der Waals surface area contributed by atoms with Gasteiger partial charge in [-0.05, 0) is 45.5 Å². The van der Waals surface area contributed by atoms with Crippen LogP contribution in [0.15, 0.2) is 103 Å². The lowest BCUT2D eigenvalue weighted by atomic mass is 9.68. The highest BCUT2D eigenvalue weighted by Crippen LogP contribution is 2.55. The molecule has 0 fully saturated rings. The third kappa shape index (κ3) is 2.03. The Morgan fingerprint density at radius 1 is 0.462 bits per heavy atom. The smallest absolute Gasteiger partial charge is 0.0713 e. The highest BCUT2D eigenvalue weighted by atomic mass is 35.5. The van der Waals surface area contributed by atoms with Crippen molar-refractivity contribution in [2.45, 2.75) is 5.41 Å². The Morgan fingerprint density at radius 2 is 0.923 bits per heavy atom. The molecule has 0 unspecified atom stereocenters. The van der Waals surface area contributed by atoms with Crippen LogP contribution in [-0.2, 0) is 5.41 Å². The Balaban J connectivity index is 1.96. The molecule has 0 nitrogen and oxygen atoms in total. The van der Waals surface area contributed by atoms with Crippen molar-refractivity contribution < 1.29 is 0 Å². The van der Waals surface area contributed by atoms with Gasteiger partial charge in [-0.25, -0.2) is 0 Å². The zero-order valence-electron chi connectivity index (χ0n) is 14.2. The van der Waals surface area contributed by atoms with Gasteiger partial charge in [0.2, 0.25) is 0 Å². The fourth-order valence-electron chi connectivity index (χ4n) is 4.41. The van der Waals surface area contributed by atoms with E-state index in [1.54, 1.807) is 0 Å². The molecule has 0 amide bonds. The van der Waals surface area contributed by atoms with E-state index in [9.17, 15) is 0 Å². The molecule has 0 saturated carbocycles. The number of hydrogen-bond acceptors (Lipinski definition) is 0. The van der Waals surface area contributed by atoms with Crippen molar-refractivity contribution in [2.75, 3.05) is 0 Å². The molecule has 1 aliphatic carbocycles. The van der Waals surface area contributed by atoms with E-state index < -0.39 is 0 Å². The minimum atomic E-state index is -0.320. The van der Waals surface area contributed by atoms with Gasteiger partial charge in [0.25, 0.3) is 0 Å². The molecular formula is C25H17Cl. The lowest BCUT2D eigenvalue weighted by molar-refractivity contribution is 0.768. The summed E-state index contributed by atoms with van der Waals surface area (Å²) in [5.41, 5.74) is 7.47. The van der Waals surface area contributed by atoms with Crippen molar-refractivity contribution in [3.05, 3.63) is 130 Å². The predicted octanol–water partition coefficient (Wildman–Crippen LogP) is 6.70. The lowest BCUT2D eigenvalue weighted by Crippen LogP contribution is -2.28. The second-order valence-corrected chi connectivity index (χ2v) is 7.15. The van der Waals surface area contributed by atoms with Crippen LogP contribution in [0.5, 0.6) is 0 Å². The first-order valence-electron chi connectivity index (χ1n) is 8.83. The van der Waals surface area contributed by atoms with Gasteiger partial charge < -0.3 is 0 Å². The molecule has 5 rings (SSSR count). The molecule has 124 valence electrons. The van der Waals surface area contributed by atoms with E-state index >= 15 is 0 Å². The van der Waals surface area contributed by atoms with Gasteiger partial charge in [0, 0.05) is 5.02 Å². The third-order valence-electron chi connectivity index (χ3n) is 5.44.